The van der Waals surface area contributed by atoms with Crippen LogP contribution in [0.15, 0.2) is 40.3 Å². The molecule has 4 N–H and O–H groups in total. The number of hydrogen-bond acceptors (Lipinski definition) is 8. The van der Waals surface area contributed by atoms with E-state index in [0.29, 0.717) is 0 Å². The Morgan fingerprint density at radius 3 is 2.85 bits per heavy atom. The first-order valence-electron chi connectivity index (χ1n) is 8.53. The molecule has 0 spiro atoms. The Hall–Kier alpha value is -2.82. The van der Waals surface area contributed by atoms with Crippen molar-refractivity contribution in [2.24, 2.45) is 9.98 Å². The first-order chi connectivity index (χ1) is 13.1. The van der Waals surface area contributed by atoms with Gasteiger partial charge < -0.3 is 19.7 Å². The number of fused-ring (bicyclic) bond motifs is 1. The van der Waals surface area contributed by atoms with Crippen LogP contribution in [0, 0.1) is 5.41 Å². The molecule has 1 aromatic rings. The van der Waals surface area contributed by atoms with E-state index in [2.05, 4.69) is 15.3 Å². The summed E-state index contributed by atoms with van der Waals surface area (Å²) in [7, 11) is 0. The van der Waals surface area contributed by atoms with Crippen LogP contribution in [0.1, 0.15) is 12.0 Å². The number of aliphatic imine (C=N–C) groups is 2. The average molecular weight is 373 g/mol. The highest BCUT2D eigenvalue weighted by molar-refractivity contribution is 6.24. The molecule has 10 nitrogen and oxygen atoms in total. The van der Waals surface area contributed by atoms with Crippen molar-refractivity contribution in [3.8, 4) is 0 Å². The van der Waals surface area contributed by atoms with Crippen LogP contribution in [-0.2, 0) is 20.9 Å². The topological polar surface area (TPSA) is 140 Å². The normalized spacial score (nSPS) is 29.9. The molecule has 3 aliphatic heterocycles. The number of amidine groups is 2. The third kappa shape index (κ3) is 3.29. The molecule has 3 aliphatic rings. The summed E-state index contributed by atoms with van der Waals surface area (Å²) < 4.78 is 11.5. The number of rotatable bonds is 4. The molecule has 1 amide bonds. The maximum Gasteiger partial charge on any atom is 0.296 e. The van der Waals surface area contributed by atoms with Crippen molar-refractivity contribution in [2.45, 2.75) is 37.5 Å². The molecule has 0 radical (unpaired) electrons. The molecule has 1 aromatic carbocycles. The van der Waals surface area contributed by atoms with Crippen molar-refractivity contribution in [3.63, 3.8) is 0 Å². The quantitative estimate of drug-likeness (QED) is 0.543. The van der Waals surface area contributed by atoms with Gasteiger partial charge in [0.2, 0.25) is 5.96 Å². The number of aliphatic hydroxyl groups excluding tert-OH is 2. The zero-order valence-electron chi connectivity index (χ0n) is 14.3. The molecule has 10 heteroatoms. The van der Waals surface area contributed by atoms with Crippen molar-refractivity contribution < 1.29 is 24.5 Å². The fourth-order valence-electron chi connectivity index (χ4n) is 3.22. The second-order valence-corrected chi connectivity index (χ2v) is 6.38. The lowest BCUT2D eigenvalue weighted by Gasteiger charge is -2.28. The third-order valence-electron chi connectivity index (χ3n) is 4.54. The highest BCUT2D eigenvalue weighted by atomic mass is 16.6. The number of aliphatic hydroxyl groups is 2. The molecule has 2 unspecified atom stereocenters. The van der Waals surface area contributed by atoms with Crippen molar-refractivity contribution in [1.82, 2.24) is 10.2 Å². The standard InChI is InChI=1S/C17H19N5O5/c18-16-20-14-13(15(25)21-16)19-17(26-8-9-4-2-1-3-5-9)22(14)12-6-10(24)11(7-23)27-12/h1-5,10-13,23-24H,6-8H2,(H2,18,21,25)/t10?,11-,12-,13?/m1/s1. The Morgan fingerprint density at radius 1 is 1.37 bits per heavy atom. The second kappa shape index (κ2) is 7.06. The second-order valence-electron chi connectivity index (χ2n) is 6.38. The van der Waals surface area contributed by atoms with Crippen LogP contribution in [-0.4, -0.2) is 69.9 Å². The number of nitrogens with one attached hydrogen (secondary N) is 2. The smallest absolute Gasteiger partial charge is 0.296 e. The molecule has 1 fully saturated rings. The Kier molecular flexibility index (Phi) is 4.60. The van der Waals surface area contributed by atoms with Gasteiger partial charge in [-0.3, -0.25) is 20.4 Å². The van der Waals surface area contributed by atoms with Gasteiger partial charge in [0.25, 0.3) is 11.9 Å². The van der Waals surface area contributed by atoms with Gasteiger partial charge in [-0.15, -0.1) is 0 Å². The van der Waals surface area contributed by atoms with E-state index in [1.807, 2.05) is 30.3 Å². The van der Waals surface area contributed by atoms with Gasteiger partial charge in [0.15, 0.2) is 11.9 Å². The lowest BCUT2D eigenvalue weighted by molar-refractivity contribution is -0.119. The first-order valence-corrected chi connectivity index (χ1v) is 8.53. The number of benzene rings is 1. The zero-order chi connectivity index (χ0) is 19.0. The number of amides is 1. The summed E-state index contributed by atoms with van der Waals surface area (Å²) in [5.41, 5.74) is 0.912. The molecule has 0 aliphatic carbocycles. The number of carbonyl (C=O) groups is 1. The number of hydrogen-bond donors (Lipinski definition) is 4. The lowest BCUT2D eigenvalue weighted by atomic mass is 10.1. The summed E-state index contributed by atoms with van der Waals surface area (Å²) in [6.07, 6.45) is -2.15. The maximum absolute atomic E-state index is 12.2. The van der Waals surface area contributed by atoms with Gasteiger partial charge in [0.05, 0.1) is 12.7 Å². The van der Waals surface area contributed by atoms with Gasteiger partial charge in [0, 0.05) is 6.42 Å². The lowest BCUT2D eigenvalue weighted by Crippen LogP contribution is -2.52. The van der Waals surface area contributed by atoms with Crippen LogP contribution in [0.3, 0.4) is 0 Å². The highest BCUT2D eigenvalue weighted by Gasteiger charge is 2.48. The van der Waals surface area contributed by atoms with Gasteiger partial charge in [-0.2, -0.15) is 4.99 Å². The van der Waals surface area contributed by atoms with Gasteiger partial charge >= 0.3 is 0 Å². The molecule has 4 rings (SSSR count). The minimum Gasteiger partial charge on any atom is -0.460 e. The van der Waals surface area contributed by atoms with Crippen molar-refractivity contribution in [3.05, 3.63) is 35.9 Å². The van der Waals surface area contributed by atoms with Gasteiger partial charge in [0.1, 0.15) is 18.9 Å². The molecule has 4 atom stereocenters. The van der Waals surface area contributed by atoms with Crippen molar-refractivity contribution in [2.75, 3.05) is 6.61 Å². The number of carbonyl (C=O) groups excluding carboxylic acids is 1. The van der Waals surface area contributed by atoms with Crippen molar-refractivity contribution >= 4 is 23.7 Å². The Morgan fingerprint density at radius 2 is 2.15 bits per heavy atom. The molecule has 3 heterocycles. The van der Waals surface area contributed by atoms with Crippen LogP contribution in [0.4, 0.5) is 0 Å². The number of guanidine groups is 1. The molecule has 142 valence electrons. The molecule has 0 bridgehead atoms. The first kappa shape index (κ1) is 17.6. The fraction of sp³-hybridized carbons (Fsp3) is 0.412. The Balaban J connectivity index is 1.61. The predicted octanol–water partition coefficient (Wildman–Crippen LogP) is -0.825. The van der Waals surface area contributed by atoms with Crippen LogP contribution in [0.5, 0.6) is 0 Å². The van der Waals surface area contributed by atoms with Crippen LogP contribution in [0.25, 0.3) is 0 Å². The fourth-order valence-corrected chi connectivity index (χ4v) is 3.22. The largest absolute Gasteiger partial charge is 0.460 e. The van der Waals surface area contributed by atoms with E-state index >= 15 is 0 Å². The molecule has 27 heavy (non-hydrogen) atoms. The molecule has 1 saturated heterocycles. The van der Waals surface area contributed by atoms with Gasteiger partial charge in [-0.1, -0.05) is 30.3 Å². The van der Waals surface area contributed by atoms with E-state index in [1.165, 1.54) is 4.90 Å². The van der Waals surface area contributed by atoms with Gasteiger partial charge in [-0.05, 0) is 5.56 Å². The summed E-state index contributed by atoms with van der Waals surface area (Å²) in [5, 5.41) is 29.4. The van der Waals surface area contributed by atoms with Crippen LogP contribution >= 0.6 is 0 Å². The Bertz CT molecular complexity index is 811. The molecular formula is C17H19N5O5. The summed E-state index contributed by atoms with van der Waals surface area (Å²) in [5.74, 6) is -0.568. The van der Waals surface area contributed by atoms with Gasteiger partial charge in [-0.25, -0.2) is 4.99 Å². The number of ether oxygens (including phenoxy) is 2. The minimum absolute atomic E-state index is 0.128. The van der Waals surface area contributed by atoms with Crippen LogP contribution < -0.4 is 5.32 Å². The number of nitrogens with zero attached hydrogens (tertiary/aromatic N) is 3. The third-order valence-corrected chi connectivity index (χ3v) is 4.54. The van der Waals surface area contributed by atoms with E-state index in [0.717, 1.165) is 5.56 Å². The maximum atomic E-state index is 12.2. The predicted molar refractivity (Wildman–Crippen MR) is 94.0 cm³/mol. The Labute approximate surface area is 154 Å². The highest BCUT2D eigenvalue weighted by Crippen LogP contribution is 2.29. The minimum atomic E-state index is -0.946. The summed E-state index contributed by atoms with van der Waals surface area (Å²) in [6.45, 7) is -0.122. The summed E-state index contributed by atoms with van der Waals surface area (Å²) in [4.78, 5) is 22.1. The molecular weight excluding hydrogens is 354 g/mol. The van der Waals surface area contributed by atoms with E-state index in [9.17, 15) is 15.0 Å². The SMILES string of the molecule is N=C1N=C2C(N=C(OCc3ccccc3)N2[C@H]2CC(O)[C@@H](CO)O2)C(=O)N1. The van der Waals surface area contributed by atoms with E-state index in [-0.39, 0.29) is 37.5 Å². The molecule has 0 aromatic heterocycles. The molecule has 0 saturated carbocycles. The van der Waals surface area contributed by atoms with E-state index in [1.54, 1.807) is 0 Å². The summed E-state index contributed by atoms with van der Waals surface area (Å²) in [6, 6.07) is 8.63. The van der Waals surface area contributed by atoms with Crippen molar-refractivity contribution in [1.29, 1.82) is 5.41 Å². The monoisotopic (exact) mass is 373 g/mol. The van der Waals surface area contributed by atoms with E-state index in [4.69, 9.17) is 14.9 Å². The van der Waals surface area contributed by atoms with E-state index < -0.39 is 30.4 Å². The van der Waals surface area contributed by atoms with Crippen LogP contribution in [0.2, 0.25) is 0 Å². The average Bonchev–Trinajstić information content (AvgIpc) is 3.20. The zero-order valence-corrected chi connectivity index (χ0v) is 14.3. The summed E-state index contributed by atoms with van der Waals surface area (Å²) >= 11 is 0.